The summed E-state index contributed by atoms with van der Waals surface area (Å²) < 4.78 is 4.64. The molecule has 0 radical (unpaired) electrons. The molecule has 0 N–H and O–H groups in total. The molecule has 0 aromatic heterocycles. The molecular weight excluding hydrogens is 251 g/mol. The highest BCUT2D eigenvalue weighted by Crippen LogP contribution is 2.11. The number of halogens is 2. The predicted octanol–water partition coefficient (Wildman–Crippen LogP) is 3.16. The van der Waals surface area contributed by atoms with E-state index in [-0.39, 0.29) is 25.2 Å². The molecule has 0 amide bonds. The smallest absolute Gasteiger partial charge is 0.313 e. The van der Waals surface area contributed by atoms with Gasteiger partial charge in [0.15, 0.2) is 0 Å². The predicted molar refractivity (Wildman–Crippen MR) is 64.4 cm³/mol. The van der Waals surface area contributed by atoms with E-state index >= 15 is 0 Å². The molecule has 0 fully saturated rings. The highest BCUT2D eigenvalue weighted by atomic mass is 35.5. The first kappa shape index (κ1) is 15.2. The van der Waals surface area contributed by atoms with Gasteiger partial charge in [0, 0.05) is 16.5 Å². The minimum Gasteiger partial charge on any atom is -0.466 e. The van der Waals surface area contributed by atoms with Crippen LogP contribution < -0.4 is 0 Å². The van der Waals surface area contributed by atoms with Gasteiger partial charge in [0.05, 0.1) is 6.61 Å². The Morgan fingerprint density at radius 1 is 1.31 bits per heavy atom. The van der Waals surface area contributed by atoms with E-state index in [0.29, 0.717) is 10.1 Å². The lowest BCUT2D eigenvalue weighted by atomic mass is 10.2. The van der Waals surface area contributed by atoms with Crippen LogP contribution in [-0.2, 0) is 14.3 Å². The average molecular weight is 265 g/mol. The Bertz CT molecular complexity index is 315. The first-order valence-electron chi connectivity index (χ1n) is 4.82. The third kappa shape index (κ3) is 8.50. The molecule has 0 aliphatic carbocycles. The summed E-state index contributed by atoms with van der Waals surface area (Å²) in [6.45, 7) is 3.64. The summed E-state index contributed by atoms with van der Waals surface area (Å²) in [6.07, 6.45) is 2.91. The summed E-state index contributed by atoms with van der Waals surface area (Å²) in [6, 6.07) is 0. The highest BCUT2D eigenvalue weighted by molar-refractivity contribution is 6.34. The summed E-state index contributed by atoms with van der Waals surface area (Å²) in [5.41, 5.74) is 0. The lowest BCUT2D eigenvalue weighted by Gasteiger charge is -1.99. The van der Waals surface area contributed by atoms with Crippen molar-refractivity contribution in [3.8, 4) is 0 Å². The molecule has 0 aliphatic rings. The molecule has 16 heavy (non-hydrogen) atoms. The van der Waals surface area contributed by atoms with E-state index in [1.807, 2.05) is 0 Å². The molecule has 0 aromatic carbocycles. The van der Waals surface area contributed by atoms with E-state index in [1.54, 1.807) is 13.8 Å². The van der Waals surface area contributed by atoms with E-state index in [9.17, 15) is 9.59 Å². The van der Waals surface area contributed by atoms with Crippen LogP contribution in [0.25, 0.3) is 0 Å². The van der Waals surface area contributed by atoms with Crippen LogP contribution in [0.15, 0.2) is 22.2 Å². The van der Waals surface area contributed by atoms with Gasteiger partial charge in [-0.2, -0.15) is 0 Å². The second-order valence-corrected chi connectivity index (χ2v) is 4.08. The molecular formula is C11H14Cl2O3. The second kappa shape index (κ2) is 8.36. The van der Waals surface area contributed by atoms with E-state index < -0.39 is 5.97 Å². The number of Topliss-reactive ketones (excluding diaryl/α,β-unsaturated/α-hetero) is 1. The quantitative estimate of drug-likeness (QED) is 0.421. The fourth-order valence-corrected chi connectivity index (χ4v) is 1.32. The molecule has 0 spiro atoms. The Kier molecular flexibility index (Phi) is 7.95. The maximum Gasteiger partial charge on any atom is 0.313 e. The summed E-state index contributed by atoms with van der Waals surface area (Å²) in [5.74, 6) is -0.752. The summed E-state index contributed by atoms with van der Waals surface area (Å²) in [5, 5.41) is 0.906. The standard InChI is InChI=1S/C11H14Cl2O3/c1-3-16-11(15)7-10(14)5-4-9(13)6-8(2)12/h4,6H,3,5,7H2,1-2H3/b8-6+,9-4+. The van der Waals surface area contributed by atoms with Crippen LogP contribution in [0, 0.1) is 0 Å². The van der Waals surface area contributed by atoms with Crippen molar-refractivity contribution < 1.29 is 14.3 Å². The highest BCUT2D eigenvalue weighted by Gasteiger charge is 2.08. The normalized spacial score (nSPS) is 12.5. The number of rotatable bonds is 6. The van der Waals surface area contributed by atoms with Crippen LogP contribution in [0.5, 0.6) is 0 Å². The van der Waals surface area contributed by atoms with Gasteiger partial charge in [0.25, 0.3) is 0 Å². The zero-order valence-corrected chi connectivity index (χ0v) is 10.8. The summed E-state index contributed by atoms with van der Waals surface area (Å²) in [7, 11) is 0. The number of hydrogen-bond donors (Lipinski definition) is 0. The van der Waals surface area contributed by atoms with E-state index in [4.69, 9.17) is 23.2 Å². The lowest BCUT2D eigenvalue weighted by Crippen LogP contribution is -2.10. The Labute approximate surface area is 105 Å². The number of hydrogen-bond acceptors (Lipinski definition) is 3. The zero-order chi connectivity index (χ0) is 12.6. The molecule has 0 rings (SSSR count). The molecule has 0 heterocycles. The number of allylic oxidation sites excluding steroid dienone is 4. The molecule has 3 nitrogen and oxygen atoms in total. The Balaban J connectivity index is 4.07. The van der Waals surface area contributed by atoms with Gasteiger partial charge in [-0.05, 0) is 19.9 Å². The molecule has 0 saturated carbocycles. The van der Waals surface area contributed by atoms with Crippen LogP contribution in [0.2, 0.25) is 0 Å². The summed E-state index contributed by atoms with van der Waals surface area (Å²) in [4.78, 5) is 22.2. The van der Waals surface area contributed by atoms with Gasteiger partial charge in [0.2, 0.25) is 0 Å². The Hall–Kier alpha value is -0.800. The van der Waals surface area contributed by atoms with Gasteiger partial charge in [-0.25, -0.2) is 0 Å². The van der Waals surface area contributed by atoms with Gasteiger partial charge in [-0.3, -0.25) is 9.59 Å². The Morgan fingerprint density at radius 2 is 1.94 bits per heavy atom. The van der Waals surface area contributed by atoms with Gasteiger partial charge >= 0.3 is 5.97 Å². The van der Waals surface area contributed by atoms with Gasteiger partial charge < -0.3 is 4.74 Å². The van der Waals surface area contributed by atoms with Crippen LogP contribution in [-0.4, -0.2) is 18.4 Å². The number of carbonyl (C=O) groups is 2. The largest absolute Gasteiger partial charge is 0.466 e. The summed E-state index contributed by atoms with van der Waals surface area (Å²) >= 11 is 11.3. The van der Waals surface area contributed by atoms with Crippen LogP contribution >= 0.6 is 23.2 Å². The first-order valence-corrected chi connectivity index (χ1v) is 5.58. The van der Waals surface area contributed by atoms with Crippen molar-refractivity contribution in [2.45, 2.75) is 26.7 Å². The lowest BCUT2D eigenvalue weighted by molar-refractivity contribution is -0.145. The van der Waals surface area contributed by atoms with E-state index in [2.05, 4.69) is 4.74 Å². The van der Waals surface area contributed by atoms with E-state index in [0.717, 1.165) is 0 Å². The molecule has 0 saturated heterocycles. The van der Waals surface area contributed by atoms with Crippen molar-refractivity contribution in [3.63, 3.8) is 0 Å². The fourth-order valence-electron chi connectivity index (χ4n) is 0.905. The number of ketones is 1. The van der Waals surface area contributed by atoms with Gasteiger partial charge in [-0.1, -0.05) is 29.3 Å². The monoisotopic (exact) mass is 264 g/mol. The molecule has 90 valence electrons. The number of esters is 1. The number of carbonyl (C=O) groups excluding carboxylic acids is 2. The minimum absolute atomic E-state index is 0.0956. The van der Waals surface area contributed by atoms with Crippen LogP contribution in [0.1, 0.15) is 26.7 Å². The molecule has 0 unspecified atom stereocenters. The fraction of sp³-hybridized carbons (Fsp3) is 0.455. The minimum atomic E-state index is -0.513. The molecule has 0 aliphatic heterocycles. The van der Waals surface area contributed by atoms with Gasteiger partial charge in [-0.15, -0.1) is 0 Å². The topological polar surface area (TPSA) is 43.4 Å². The molecule has 0 atom stereocenters. The third-order valence-corrected chi connectivity index (χ3v) is 1.88. The van der Waals surface area contributed by atoms with Gasteiger partial charge in [0.1, 0.15) is 12.2 Å². The molecule has 0 bridgehead atoms. The van der Waals surface area contributed by atoms with Crippen molar-refractivity contribution in [3.05, 3.63) is 22.2 Å². The molecule has 5 heteroatoms. The van der Waals surface area contributed by atoms with Crippen LogP contribution in [0.4, 0.5) is 0 Å². The average Bonchev–Trinajstić information content (AvgIpc) is 2.14. The SMILES string of the molecule is CCOC(=O)CC(=O)C/C=C(Cl)\C=C(/C)Cl. The van der Waals surface area contributed by atoms with Crippen molar-refractivity contribution >= 4 is 35.0 Å². The molecule has 0 aromatic rings. The Morgan fingerprint density at radius 3 is 2.44 bits per heavy atom. The van der Waals surface area contributed by atoms with Crippen molar-refractivity contribution in [2.24, 2.45) is 0 Å². The second-order valence-electron chi connectivity index (χ2n) is 3.04. The van der Waals surface area contributed by atoms with Crippen molar-refractivity contribution in [1.29, 1.82) is 0 Å². The van der Waals surface area contributed by atoms with Crippen molar-refractivity contribution in [1.82, 2.24) is 0 Å². The van der Waals surface area contributed by atoms with Crippen LogP contribution in [0.3, 0.4) is 0 Å². The maximum atomic E-state index is 11.3. The maximum absolute atomic E-state index is 11.3. The first-order chi connectivity index (χ1) is 7.45. The number of ether oxygens (including phenoxy) is 1. The zero-order valence-electron chi connectivity index (χ0n) is 9.26. The van der Waals surface area contributed by atoms with Crippen molar-refractivity contribution in [2.75, 3.05) is 6.61 Å². The van der Waals surface area contributed by atoms with E-state index in [1.165, 1.54) is 12.2 Å². The third-order valence-electron chi connectivity index (χ3n) is 1.51.